The first-order valence-electron chi connectivity index (χ1n) is 16.4. The van der Waals surface area contributed by atoms with E-state index in [1.54, 1.807) is 19.4 Å². The summed E-state index contributed by atoms with van der Waals surface area (Å²) in [6.45, 7) is 15.2. The molecule has 1 aliphatic carbocycles. The number of piperazine rings is 1. The largest absolute Gasteiger partial charge is 0.467 e. The van der Waals surface area contributed by atoms with E-state index in [1.807, 2.05) is 32.9 Å². The minimum atomic E-state index is -4.52. The maximum atomic E-state index is 14.5. The molecular formula is C35H48F3N5O4. The maximum absolute atomic E-state index is 14.5. The van der Waals surface area contributed by atoms with Crippen molar-refractivity contribution in [3.05, 3.63) is 65.3 Å². The van der Waals surface area contributed by atoms with Crippen LogP contribution in [0.1, 0.15) is 57.4 Å². The molecule has 1 atom stereocenters. The van der Waals surface area contributed by atoms with E-state index >= 15 is 0 Å². The van der Waals surface area contributed by atoms with E-state index in [2.05, 4.69) is 21.3 Å². The van der Waals surface area contributed by atoms with Crippen LogP contribution in [-0.4, -0.2) is 111 Å². The molecular weight excluding hydrogens is 611 g/mol. The molecule has 1 unspecified atom stereocenters. The second-order valence-electron chi connectivity index (χ2n) is 13.6. The molecule has 47 heavy (non-hydrogen) atoms. The van der Waals surface area contributed by atoms with E-state index in [0.717, 1.165) is 37.6 Å². The van der Waals surface area contributed by atoms with Gasteiger partial charge in [0.2, 0.25) is 0 Å². The molecule has 3 fully saturated rings. The summed E-state index contributed by atoms with van der Waals surface area (Å²) in [7, 11) is 1.57. The minimum absolute atomic E-state index is 0.0839. The normalized spacial score (nSPS) is 24.4. The Bertz CT molecular complexity index is 1370. The van der Waals surface area contributed by atoms with Crippen LogP contribution in [0, 0.1) is 5.41 Å². The van der Waals surface area contributed by atoms with E-state index in [-0.39, 0.29) is 13.0 Å². The van der Waals surface area contributed by atoms with E-state index < -0.39 is 24.2 Å². The Morgan fingerprint density at radius 2 is 1.81 bits per heavy atom. The van der Waals surface area contributed by atoms with Crippen LogP contribution in [0.15, 0.2) is 54.0 Å². The molecule has 0 radical (unpaired) electrons. The van der Waals surface area contributed by atoms with Crippen LogP contribution >= 0.6 is 0 Å². The van der Waals surface area contributed by atoms with Crippen LogP contribution in [0.2, 0.25) is 0 Å². The molecule has 1 aromatic rings. The molecule has 9 nitrogen and oxygen atoms in total. The summed E-state index contributed by atoms with van der Waals surface area (Å²) in [5, 5.41) is 0. The van der Waals surface area contributed by atoms with Gasteiger partial charge >= 0.3 is 6.18 Å². The first-order valence-corrected chi connectivity index (χ1v) is 16.4. The fourth-order valence-electron chi connectivity index (χ4n) is 6.57. The lowest BCUT2D eigenvalue weighted by atomic mass is 9.81. The molecule has 0 aromatic carbocycles. The van der Waals surface area contributed by atoms with Gasteiger partial charge in [-0.25, -0.2) is 0 Å². The number of nitrogens with zero attached hydrogens (tertiary/aromatic N) is 5. The predicted molar refractivity (Wildman–Crippen MR) is 175 cm³/mol. The van der Waals surface area contributed by atoms with Crippen LogP contribution in [0.25, 0.3) is 5.70 Å². The molecule has 0 bridgehead atoms. The smallest absolute Gasteiger partial charge is 0.406 e. The summed E-state index contributed by atoms with van der Waals surface area (Å²) >= 11 is 0. The van der Waals surface area contributed by atoms with Crippen LogP contribution in [0.5, 0.6) is 0 Å². The number of morpholine rings is 1. The average Bonchev–Trinajstić information content (AvgIpc) is 3.90. The lowest BCUT2D eigenvalue weighted by molar-refractivity contribution is -0.135. The number of allylic oxidation sites excluding steroid dienone is 4. The number of anilines is 1. The average molecular weight is 660 g/mol. The third kappa shape index (κ3) is 8.97. The van der Waals surface area contributed by atoms with Crippen LogP contribution in [-0.2, 0) is 19.0 Å². The Labute approximate surface area is 276 Å². The highest BCUT2D eigenvalue weighted by Gasteiger charge is 2.37. The minimum Gasteiger partial charge on any atom is -0.467 e. The monoisotopic (exact) mass is 659 g/mol. The summed E-state index contributed by atoms with van der Waals surface area (Å²) in [5.74, 6) is 0. The summed E-state index contributed by atoms with van der Waals surface area (Å²) in [4.78, 5) is 24.2. The summed E-state index contributed by atoms with van der Waals surface area (Å²) in [6, 6.07) is 2.64. The Kier molecular flexibility index (Phi) is 11.0. The number of pyridine rings is 1. The molecule has 5 rings (SSSR count). The maximum Gasteiger partial charge on any atom is 0.406 e. The highest BCUT2D eigenvalue weighted by molar-refractivity contribution is 5.77. The standard InChI is InChI=1S/C35H48F3N5O4/c1-25-18-28(42-14-16-46-17-15-42)8-9-43(22-35(36,37)38)33(31(25)20-34(3,4)23-47-24-44)30-19-29(21-39-32(30)26(2)45-5)41-12-10-40(11-13-41)27-6-7-27/h8-9,18-19,21,24,26-27H,1,6-7,10-17,20,22-23H2,2-5H3/b9-8-,28-18+,33-31-. The Morgan fingerprint density at radius 3 is 2.43 bits per heavy atom. The van der Waals surface area contributed by atoms with E-state index in [0.29, 0.717) is 66.9 Å². The molecule has 3 aliphatic heterocycles. The predicted octanol–water partition coefficient (Wildman–Crippen LogP) is 5.54. The number of halogens is 3. The van der Waals surface area contributed by atoms with Gasteiger partial charge in [0.15, 0.2) is 0 Å². The summed E-state index contributed by atoms with van der Waals surface area (Å²) < 4.78 is 59.9. The first kappa shape index (κ1) is 35.0. The third-order valence-corrected chi connectivity index (χ3v) is 9.27. The van der Waals surface area contributed by atoms with Gasteiger partial charge in [-0.1, -0.05) is 20.4 Å². The number of rotatable bonds is 12. The van der Waals surface area contributed by atoms with Gasteiger partial charge in [-0.3, -0.25) is 14.7 Å². The van der Waals surface area contributed by atoms with Gasteiger partial charge in [-0.05, 0) is 55.6 Å². The summed E-state index contributed by atoms with van der Waals surface area (Å²) in [6.07, 6.45) is 4.76. The fraction of sp³-hybridized carbons (Fsp3) is 0.600. The lowest BCUT2D eigenvalue weighted by Crippen LogP contribution is -2.47. The highest BCUT2D eigenvalue weighted by atomic mass is 19.4. The van der Waals surface area contributed by atoms with E-state index in [1.165, 1.54) is 23.9 Å². The zero-order valence-corrected chi connectivity index (χ0v) is 28.0. The molecule has 1 saturated carbocycles. The Hall–Kier alpha value is -3.35. The van der Waals surface area contributed by atoms with Gasteiger partial charge in [0.1, 0.15) is 6.54 Å². The van der Waals surface area contributed by atoms with Crippen molar-refractivity contribution in [2.45, 2.75) is 58.4 Å². The molecule has 0 amide bonds. The van der Waals surface area contributed by atoms with Crippen molar-refractivity contribution in [2.75, 3.05) is 77.6 Å². The van der Waals surface area contributed by atoms with Crippen molar-refractivity contribution in [1.82, 2.24) is 19.7 Å². The van der Waals surface area contributed by atoms with Gasteiger partial charge in [0, 0.05) is 75.3 Å². The second kappa shape index (κ2) is 14.8. The number of ether oxygens (including phenoxy) is 3. The molecule has 4 heterocycles. The van der Waals surface area contributed by atoms with Crippen molar-refractivity contribution in [2.24, 2.45) is 5.41 Å². The van der Waals surface area contributed by atoms with Crippen LogP contribution < -0.4 is 4.90 Å². The Balaban J connectivity index is 1.69. The number of carbonyl (C=O) groups is 1. The van der Waals surface area contributed by atoms with Crippen molar-refractivity contribution >= 4 is 17.9 Å². The number of hydrogen-bond donors (Lipinski definition) is 0. The third-order valence-electron chi connectivity index (χ3n) is 9.27. The molecule has 1 aromatic heterocycles. The molecule has 0 spiro atoms. The van der Waals surface area contributed by atoms with Gasteiger partial charge in [0.25, 0.3) is 6.47 Å². The molecule has 0 N–H and O–H groups in total. The van der Waals surface area contributed by atoms with Gasteiger partial charge in [-0.2, -0.15) is 13.2 Å². The lowest BCUT2D eigenvalue weighted by Gasteiger charge is -2.38. The number of hydrogen-bond acceptors (Lipinski definition) is 9. The first-order chi connectivity index (χ1) is 22.4. The zero-order valence-electron chi connectivity index (χ0n) is 28.0. The van der Waals surface area contributed by atoms with E-state index in [4.69, 9.17) is 19.2 Å². The van der Waals surface area contributed by atoms with Crippen molar-refractivity contribution < 1.29 is 32.2 Å². The van der Waals surface area contributed by atoms with Crippen molar-refractivity contribution in [1.29, 1.82) is 0 Å². The van der Waals surface area contributed by atoms with Gasteiger partial charge in [-0.15, -0.1) is 0 Å². The summed E-state index contributed by atoms with van der Waals surface area (Å²) in [5.41, 5.74) is 3.64. The number of aromatic nitrogens is 1. The molecule has 12 heteroatoms. The second-order valence-corrected chi connectivity index (χ2v) is 13.6. The molecule has 2 saturated heterocycles. The number of carbonyl (C=O) groups excluding carboxylic acids is 1. The van der Waals surface area contributed by atoms with Crippen molar-refractivity contribution in [3.63, 3.8) is 0 Å². The topological polar surface area (TPSA) is 70.6 Å². The fourth-order valence-corrected chi connectivity index (χ4v) is 6.57. The van der Waals surface area contributed by atoms with Gasteiger partial charge < -0.3 is 28.9 Å². The van der Waals surface area contributed by atoms with Crippen molar-refractivity contribution in [3.8, 4) is 0 Å². The van der Waals surface area contributed by atoms with Crippen LogP contribution in [0.4, 0.5) is 18.9 Å². The van der Waals surface area contributed by atoms with Crippen LogP contribution in [0.3, 0.4) is 0 Å². The Morgan fingerprint density at radius 1 is 1.11 bits per heavy atom. The van der Waals surface area contributed by atoms with Gasteiger partial charge in [0.05, 0.1) is 49.2 Å². The SMILES string of the molecule is C=C1/C=C(N2CCOCC2)\C=C/N(CC(F)(F)F)/C(c2cc(N3CCN(C4CC4)CC3)cnc2C(C)OC)=C\1CC(C)(C)COC=O. The zero-order chi connectivity index (χ0) is 33.8. The number of methoxy groups -OCH3 is 1. The molecule has 258 valence electrons. The highest BCUT2D eigenvalue weighted by Crippen LogP contribution is 2.42. The number of alkyl halides is 3. The quantitative estimate of drug-likeness (QED) is 0.269. The van der Waals surface area contributed by atoms with E-state index in [9.17, 15) is 18.0 Å². The molecule has 4 aliphatic rings.